The van der Waals surface area contributed by atoms with Crippen molar-refractivity contribution in [1.82, 2.24) is 10.2 Å². The van der Waals surface area contributed by atoms with Crippen molar-refractivity contribution in [3.05, 3.63) is 101 Å². The molecule has 0 fully saturated rings. The van der Waals surface area contributed by atoms with Gasteiger partial charge in [0.15, 0.2) is 6.61 Å². The van der Waals surface area contributed by atoms with Crippen LogP contribution in [0.3, 0.4) is 0 Å². The summed E-state index contributed by atoms with van der Waals surface area (Å²) in [7, 11) is 0. The topological polar surface area (TPSA) is 58.6 Å². The average molecular weight is 479 g/mol. The van der Waals surface area contributed by atoms with Crippen LogP contribution in [0, 0.1) is 6.92 Å². The van der Waals surface area contributed by atoms with E-state index in [-0.39, 0.29) is 24.5 Å². The summed E-state index contributed by atoms with van der Waals surface area (Å²) in [5.74, 6) is 0.0366. The van der Waals surface area contributed by atoms with Gasteiger partial charge in [-0.25, -0.2) is 0 Å². The highest BCUT2D eigenvalue weighted by Gasteiger charge is 2.31. The summed E-state index contributed by atoms with van der Waals surface area (Å²) in [6.45, 7) is 5.92. The van der Waals surface area contributed by atoms with Gasteiger partial charge in [0.1, 0.15) is 11.8 Å². The molecule has 34 heavy (non-hydrogen) atoms. The molecular formula is C28H31ClN2O3. The minimum atomic E-state index is -0.695. The highest BCUT2D eigenvalue weighted by atomic mass is 35.5. The first-order valence-corrected chi connectivity index (χ1v) is 11.8. The number of carbonyl (C=O) groups excluding carboxylic acids is 2. The zero-order chi connectivity index (χ0) is 24.5. The Balaban J connectivity index is 1.92. The number of aryl methyl sites for hydroxylation is 1. The van der Waals surface area contributed by atoms with Crippen LogP contribution in [0.2, 0.25) is 5.02 Å². The lowest BCUT2D eigenvalue weighted by Gasteiger charge is -2.32. The molecule has 1 atom stereocenters. The van der Waals surface area contributed by atoms with Gasteiger partial charge in [0, 0.05) is 24.0 Å². The monoisotopic (exact) mass is 478 g/mol. The molecule has 0 spiro atoms. The first kappa shape index (κ1) is 25.3. The van der Waals surface area contributed by atoms with E-state index in [2.05, 4.69) is 5.32 Å². The van der Waals surface area contributed by atoms with Crippen molar-refractivity contribution in [2.24, 2.45) is 0 Å². The predicted molar refractivity (Wildman–Crippen MR) is 136 cm³/mol. The molecule has 2 amide bonds. The van der Waals surface area contributed by atoms with Gasteiger partial charge in [0.25, 0.3) is 5.91 Å². The summed E-state index contributed by atoms with van der Waals surface area (Å²) in [6, 6.07) is 23.8. The Morgan fingerprint density at radius 3 is 2.35 bits per heavy atom. The van der Waals surface area contributed by atoms with E-state index < -0.39 is 6.04 Å². The number of hydrogen-bond donors (Lipinski definition) is 1. The molecule has 3 aromatic carbocycles. The van der Waals surface area contributed by atoms with Crippen molar-refractivity contribution in [2.45, 2.75) is 45.8 Å². The predicted octanol–water partition coefficient (Wildman–Crippen LogP) is 5.19. The maximum Gasteiger partial charge on any atom is 0.261 e. The van der Waals surface area contributed by atoms with Crippen LogP contribution in [0.4, 0.5) is 0 Å². The van der Waals surface area contributed by atoms with E-state index in [1.807, 2.05) is 75.4 Å². The standard InChI is InChI=1S/C28H31ClN2O3/c1-20(2)30-28(33)26(16-22-11-5-4-6-12-22)31(18-23-13-8-7-10-21(23)3)27(32)19-34-25-15-9-14-24(29)17-25/h4-15,17,20,26H,16,18-19H2,1-3H3,(H,30,33)/t26-/m1/s1. The van der Waals surface area contributed by atoms with Gasteiger partial charge >= 0.3 is 0 Å². The largest absolute Gasteiger partial charge is 0.484 e. The third-order valence-electron chi connectivity index (χ3n) is 5.46. The molecule has 0 radical (unpaired) electrons. The van der Waals surface area contributed by atoms with Gasteiger partial charge in [-0.1, -0.05) is 72.3 Å². The highest BCUT2D eigenvalue weighted by molar-refractivity contribution is 6.30. The fourth-order valence-corrected chi connectivity index (χ4v) is 3.87. The van der Waals surface area contributed by atoms with Gasteiger partial charge in [-0.05, 0) is 55.7 Å². The van der Waals surface area contributed by atoms with Crippen molar-refractivity contribution in [3.8, 4) is 5.75 Å². The summed E-state index contributed by atoms with van der Waals surface area (Å²) >= 11 is 6.05. The molecule has 0 saturated carbocycles. The molecule has 0 bridgehead atoms. The normalized spacial score (nSPS) is 11.7. The summed E-state index contributed by atoms with van der Waals surface area (Å²) < 4.78 is 5.75. The third kappa shape index (κ3) is 7.35. The Morgan fingerprint density at radius 1 is 0.971 bits per heavy atom. The number of nitrogens with one attached hydrogen (secondary N) is 1. The molecule has 0 unspecified atom stereocenters. The van der Waals surface area contributed by atoms with Gasteiger partial charge in [-0.2, -0.15) is 0 Å². The molecule has 5 nitrogen and oxygen atoms in total. The second kappa shape index (κ2) is 12.2. The molecular weight excluding hydrogens is 448 g/mol. The quantitative estimate of drug-likeness (QED) is 0.436. The zero-order valence-corrected chi connectivity index (χ0v) is 20.6. The fourth-order valence-electron chi connectivity index (χ4n) is 3.69. The van der Waals surface area contributed by atoms with E-state index >= 15 is 0 Å². The number of amides is 2. The second-order valence-corrected chi connectivity index (χ2v) is 9.00. The summed E-state index contributed by atoms with van der Waals surface area (Å²) in [4.78, 5) is 28.5. The van der Waals surface area contributed by atoms with E-state index in [1.165, 1.54) is 0 Å². The Labute approximate surface area is 206 Å². The van der Waals surface area contributed by atoms with E-state index in [9.17, 15) is 9.59 Å². The smallest absolute Gasteiger partial charge is 0.261 e. The number of nitrogens with zero attached hydrogens (tertiary/aromatic N) is 1. The van der Waals surface area contributed by atoms with Crippen molar-refractivity contribution in [1.29, 1.82) is 0 Å². The van der Waals surface area contributed by atoms with E-state index in [0.717, 1.165) is 16.7 Å². The second-order valence-electron chi connectivity index (χ2n) is 8.56. The molecule has 6 heteroatoms. The Hall–Kier alpha value is -3.31. The first-order valence-electron chi connectivity index (χ1n) is 11.4. The number of carbonyl (C=O) groups is 2. The van der Waals surface area contributed by atoms with Crippen molar-refractivity contribution in [3.63, 3.8) is 0 Å². The lowest BCUT2D eigenvalue weighted by Crippen LogP contribution is -2.52. The minimum Gasteiger partial charge on any atom is -0.484 e. The Bertz CT molecular complexity index is 1100. The fraction of sp³-hybridized carbons (Fsp3) is 0.286. The van der Waals surface area contributed by atoms with Gasteiger partial charge < -0.3 is 15.0 Å². The van der Waals surface area contributed by atoms with Crippen LogP contribution in [-0.4, -0.2) is 35.4 Å². The Morgan fingerprint density at radius 2 is 1.68 bits per heavy atom. The van der Waals surface area contributed by atoms with Crippen molar-refractivity contribution in [2.75, 3.05) is 6.61 Å². The van der Waals surface area contributed by atoms with E-state index in [1.54, 1.807) is 29.2 Å². The summed E-state index contributed by atoms with van der Waals surface area (Å²) in [6.07, 6.45) is 0.397. The molecule has 0 heterocycles. The summed E-state index contributed by atoms with van der Waals surface area (Å²) in [5.41, 5.74) is 3.01. The zero-order valence-electron chi connectivity index (χ0n) is 19.8. The van der Waals surface area contributed by atoms with Crippen LogP contribution in [-0.2, 0) is 22.6 Å². The summed E-state index contributed by atoms with van der Waals surface area (Å²) in [5, 5.41) is 3.52. The lowest BCUT2D eigenvalue weighted by molar-refractivity contribution is -0.143. The lowest BCUT2D eigenvalue weighted by atomic mass is 10.0. The molecule has 0 aromatic heterocycles. The SMILES string of the molecule is Cc1ccccc1CN(C(=O)COc1cccc(Cl)c1)[C@H](Cc1ccccc1)C(=O)NC(C)C. The van der Waals surface area contributed by atoms with Gasteiger partial charge in [0.05, 0.1) is 0 Å². The van der Waals surface area contributed by atoms with Gasteiger partial charge in [-0.3, -0.25) is 9.59 Å². The van der Waals surface area contributed by atoms with Crippen LogP contribution in [0.5, 0.6) is 5.75 Å². The minimum absolute atomic E-state index is 0.0519. The van der Waals surface area contributed by atoms with Gasteiger partial charge in [-0.15, -0.1) is 0 Å². The van der Waals surface area contributed by atoms with Crippen LogP contribution in [0.25, 0.3) is 0 Å². The number of hydrogen-bond acceptors (Lipinski definition) is 3. The maximum atomic E-state index is 13.5. The van der Waals surface area contributed by atoms with Crippen LogP contribution >= 0.6 is 11.6 Å². The van der Waals surface area contributed by atoms with Crippen molar-refractivity contribution >= 4 is 23.4 Å². The van der Waals surface area contributed by atoms with Crippen LogP contribution < -0.4 is 10.1 Å². The maximum absolute atomic E-state index is 13.5. The number of halogens is 1. The van der Waals surface area contributed by atoms with E-state index in [4.69, 9.17) is 16.3 Å². The highest BCUT2D eigenvalue weighted by Crippen LogP contribution is 2.20. The number of ether oxygens (including phenoxy) is 1. The number of rotatable bonds is 10. The van der Waals surface area contributed by atoms with Gasteiger partial charge in [0.2, 0.25) is 5.91 Å². The van der Waals surface area contributed by atoms with E-state index in [0.29, 0.717) is 23.7 Å². The molecule has 0 aliphatic heterocycles. The molecule has 0 saturated heterocycles. The molecule has 1 N–H and O–H groups in total. The molecule has 3 rings (SSSR count). The van der Waals surface area contributed by atoms with Crippen LogP contribution in [0.1, 0.15) is 30.5 Å². The van der Waals surface area contributed by atoms with Crippen LogP contribution in [0.15, 0.2) is 78.9 Å². The average Bonchev–Trinajstić information content (AvgIpc) is 2.81. The number of benzene rings is 3. The first-order chi connectivity index (χ1) is 16.3. The molecule has 0 aliphatic rings. The van der Waals surface area contributed by atoms with Crippen molar-refractivity contribution < 1.29 is 14.3 Å². The molecule has 3 aromatic rings. The molecule has 0 aliphatic carbocycles. The molecule has 178 valence electrons. The Kier molecular flexibility index (Phi) is 9.11. The third-order valence-corrected chi connectivity index (χ3v) is 5.70.